The number of allylic oxidation sites excluding steroid dienone is 2. The largest absolute Gasteiger partial charge is 0.508 e. The monoisotopic (exact) mass is 348 g/mol. The maximum Gasteiger partial charge on any atom is 0.192 e. The van der Waals surface area contributed by atoms with E-state index in [9.17, 15) is 30.0 Å². The van der Waals surface area contributed by atoms with E-state index < -0.39 is 45.0 Å². The molecule has 8 heteroatoms. The normalized spacial score (nSPS) is 13.0. The number of ether oxygens (including phenoxy) is 1. The number of hydrogen-bond donors (Lipinski definition) is 4. The molecule has 3 rings (SSSR count). The van der Waals surface area contributed by atoms with Crippen LogP contribution < -0.4 is 4.74 Å². The summed E-state index contributed by atoms with van der Waals surface area (Å²) in [6.07, 6.45) is 1.90. The third kappa shape index (κ3) is 2.40. The maximum absolute atomic E-state index is 11.9. The van der Waals surface area contributed by atoms with Crippen LogP contribution in [-0.2, 0) is 0 Å². The first-order valence-electron chi connectivity index (χ1n) is 6.54. The number of aromatic hydroxyl groups is 4. The first kappa shape index (κ1) is 15.7. The van der Waals surface area contributed by atoms with Gasteiger partial charge in [0, 0.05) is 18.2 Å². The Balaban J connectivity index is 2.20. The topological polar surface area (TPSA) is 124 Å². The number of phenols is 4. The molecule has 0 heterocycles. The number of rotatable bonds is 2. The summed E-state index contributed by atoms with van der Waals surface area (Å²) >= 11 is 5.93. The van der Waals surface area contributed by atoms with Crippen LogP contribution in [0.2, 0.25) is 5.02 Å². The van der Waals surface area contributed by atoms with Crippen molar-refractivity contribution in [3.8, 4) is 34.5 Å². The molecule has 1 aliphatic carbocycles. The fraction of sp³-hybridized carbons (Fsp3) is 0. The second-order valence-electron chi connectivity index (χ2n) is 4.94. The van der Waals surface area contributed by atoms with E-state index in [0.29, 0.717) is 0 Å². The molecule has 4 N–H and O–H groups in total. The van der Waals surface area contributed by atoms with Crippen molar-refractivity contribution >= 4 is 23.2 Å². The summed E-state index contributed by atoms with van der Waals surface area (Å²) in [5, 5.41) is 38.8. The van der Waals surface area contributed by atoms with Gasteiger partial charge in [0.05, 0.1) is 11.1 Å². The molecule has 2 aromatic carbocycles. The first-order valence-corrected chi connectivity index (χ1v) is 6.92. The summed E-state index contributed by atoms with van der Waals surface area (Å²) in [6, 6.07) is 3.27. The van der Waals surface area contributed by atoms with Crippen LogP contribution in [0.3, 0.4) is 0 Å². The first-order chi connectivity index (χ1) is 11.3. The molecular formula is C16H9ClO7. The summed E-state index contributed by atoms with van der Waals surface area (Å²) in [7, 11) is 0. The van der Waals surface area contributed by atoms with Crippen LogP contribution in [0.1, 0.15) is 20.7 Å². The van der Waals surface area contributed by atoms with E-state index in [1.165, 1.54) is 0 Å². The van der Waals surface area contributed by atoms with E-state index in [1.54, 1.807) is 0 Å². The lowest BCUT2D eigenvalue weighted by atomic mass is 9.92. The highest BCUT2D eigenvalue weighted by molar-refractivity contribution is 6.36. The molecule has 2 aromatic rings. The molecule has 0 saturated heterocycles. The fourth-order valence-electron chi connectivity index (χ4n) is 2.31. The number of hydrogen-bond acceptors (Lipinski definition) is 7. The van der Waals surface area contributed by atoms with Crippen molar-refractivity contribution in [1.29, 1.82) is 0 Å². The van der Waals surface area contributed by atoms with Gasteiger partial charge in [0.15, 0.2) is 23.1 Å². The van der Waals surface area contributed by atoms with Gasteiger partial charge < -0.3 is 25.2 Å². The zero-order chi connectivity index (χ0) is 17.6. The van der Waals surface area contributed by atoms with Gasteiger partial charge in [0.1, 0.15) is 28.0 Å². The van der Waals surface area contributed by atoms with E-state index >= 15 is 0 Å². The molecule has 0 aliphatic heterocycles. The average molecular weight is 349 g/mol. The zero-order valence-electron chi connectivity index (χ0n) is 11.8. The quantitative estimate of drug-likeness (QED) is 0.615. The number of benzene rings is 2. The third-order valence-corrected chi connectivity index (χ3v) is 3.67. The minimum atomic E-state index is -0.738. The Morgan fingerprint density at radius 2 is 1.29 bits per heavy atom. The molecule has 0 spiro atoms. The molecule has 0 unspecified atom stereocenters. The maximum atomic E-state index is 11.9. The van der Waals surface area contributed by atoms with Gasteiger partial charge in [0.2, 0.25) is 0 Å². The second kappa shape index (κ2) is 5.47. The Morgan fingerprint density at radius 1 is 0.792 bits per heavy atom. The zero-order valence-corrected chi connectivity index (χ0v) is 12.5. The number of halogens is 1. The van der Waals surface area contributed by atoms with Crippen molar-refractivity contribution in [1.82, 2.24) is 0 Å². The van der Waals surface area contributed by atoms with Crippen LogP contribution in [0.25, 0.3) is 0 Å². The number of phenolic OH excluding ortho intramolecular Hbond substituents is 4. The number of fused-ring (bicyclic) bond motifs is 1. The van der Waals surface area contributed by atoms with Gasteiger partial charge in [-0.15, -0.1) is 0 Å². The van der Waals surface area contributed by atoms with Gasteiger partial charge in [-0.1, -0.05) is 11.6 Å². The lowest BCUT2D eigenvalue weighted by molar-refractivity contribution is 0.0988. The summed E-state index contributed by atoms with van der Waals surface area (Å²) in [5.74, 6) is -4.11. The standard InChI is InChI=1S/C16H9ClO7/c17-13-14(22)11-9(20)1-2-10(21)12(11)15(23)16(13)24-8-4-6(18)3-7(19)5-8/h1-5,18-19,22-23H. The molecule has 0 saturated carbocycles. The van der Waals surface area contributed by atoms with Gasteiger partial charge in [-0.05, 0) is 12.2 Å². The van der Waals surface area contributed by atoms with E-state index in [4.69, 9.17) is 16.3 Å². The highest BCUT2D eigenvalue weighted by Crippen LogP contribution is 2.49. The summed E-state index contributed by atoms with van der Waals surface area (Å²) in [4.78, 5) is 23.8. The van der Waals surface area contributed by atoms with E-state index in [-0.39, 0.29) is 17.2 Å². The molecule has 0 radical (unpaired) electrons. The van der Waals surface area contributed by atoms with Crippen molar-refractivity contribution in [3.05, 3.63) is 46.5 Å². The molecule has 122 valence electrons. The summed E-state index contributed by atoms with van der Waals surface area (Å²) in [6.45, 7) is 0. The molecule has 0 atom stereocenters. The molecule has 0 aromatic heterocycles. The molecule has 0 fully saturated rings. The molecular weight excluding hydrogens is 340 g/mol. The Hall–Kier alpha value is -3.19. The molecule has 24 heavy (non-hydrogen) atoms. The van der Waals surface area contributed by atoms with Crippen LogP contribution in [0.4, 0.5) is 0 Å². The van der Waals surface area contributed by atoms with Gasteiger partial charge in [0.25, 0.3) is 0 Å². The SMILES string of the molecule is O=C1C=CC(=O)c2c(O)c(Oc3cc(O)cc(O)c3)c(Cl)c(O)c21. The highest BCUT2D eigenvalue weighted by atomic mass is 35.5. The highest BCUT2D eigenvalue weighted by Gasteiger charge is 2.32. The number of carbonyl (C=O) groups is 2. The van der Waals surface area contributed by atoms with Gasteiger partial charge in [-0.3, -0.25) is 9.59 Å². The van der Waals surface area contributed by atoms with Crippen LogP contribution >= 0.6 is 11.6 Å². The predicted molar refractivity (Wildman–Crippen MR) is 82.4 cm³/mol. The van der Waals surface area contributed by atoms with Crippen molar-refractivity contribution in [3.63, 3.8) is 0 Å². The minimum Gasteiger partial charge on any atom is -0.508 e. The Labute approximate surface area is 139 Å². The molecule has 0 amide bonds. The molecule has 1 aliphatic rings. The van der Waals surface area contributed by atoms with E-state index in [0.717, 1.165) is 30.4 Å². The van der Waals surface area contributed by atoms with Crippen LogP contribution in [0, 0.1) is 0 Å². The Kier molecular flexibility index (Phi) is 3.57. The lowest BCUT2D eigenvalue weighted by Crippen LogP contribution is -2.13. The van der Waals surface area contributed by atoms with Gasteiger partial charge in [-0.2, -0.15) is 0 Å². The van der Waals surface area contributed by atoms with Crippen LogP contribution in [0.15, 0.2) is 30.4 Å². The molecule has 7 nitrogen and oxygen atoms in total. The Morgan fingerprint density at radius 3 is 1.83 bits per heavy atom. The van der Waals surface area contributed by atoms with Crippen LogP contribution in [0.5, 0.6) is 34.5 Å². The average Bonchev–Trinajstić information content (AvgIpc) is 2.50. The lowest BCUT2D eigenvalue weighted by Gasteiger charge is -2.18. The smallest absolute Gasteiger partial charge is 0.192 e. The van der Waals surface area contributed by atoms with E-state index in [2.05, 4.69) is 0 Å². The fourth-order valence-corrected chi connectivity index (χ4v) is 2.53. The van der Waals surface area contributed by atoms with Crippen molar-refractivity contribution in [2.24, 2.45) is 0 Å². The van der Waals surface area contributed by atoms with Gasteiger partial charge in [-0.25, -0.2) is 0 Å². The third-order valence-electron chi connectivity index (χ3n) is 3.32. The van der Waals surface area contributed by atoms with Crippen molar-refractivity contribution < 1.29 is 34.8 Å². The van der Waals surface area contributed by atoms with Crippen molar-refractivity contribution in [2.45, 2.75) is 0 Å². The Bertz CT molecular complexity index is 911. The second-order valence-corrected chi connectivity index (χ2v) is 5.32. The molecule has 0 bridgehead atoms. The summed E-state index contributed by atoms with van der Waals surface area (Å²) < 4.78 is 5.28. The van der Waals surface area contributed by atoms with E-state index in [1.807, 2.05) is 0 Å². The van der Waals surface area contributed by atoms with Crippen LogP contribution in [-0.4, -0.2) is 32.0 Å². The minimum absolute atomic E-state index is 0.117. The van der Waals surface area contributed by atoms with Gasteiger partial charge >= 0.3 is 0 Å². The van der Waals surface area contributed by atoms with Crippen molar-refractivity contribution in [2.75, 3.05) is 0 Å². The predicted octanol–water partition coefficient (Wildman–Crippen LogP) is 2.89. The number of ketones is 2. The summed E-state index contributed by atoms with van der Waals surface area (Å²) in [5.41, 5.74) is -0.861. The number of carbonyl (C=O) groups excluding carboxylic acids is 2.